The Hall–Kier alpha value is -7.76. The van der Waals surface area contributed by atoms with Crippen LogP contribution in [-0.4, -0.2) is 14.5 Å². The van der Waals surface area contributed by atoms with E-state index in [0.29, 0.717) is 5.58 Å². The van der Waals surface area contributed by atoms with Gasteiger partial charge < -0.3 is 13.4 Å². The van der Waals surface area contributed by atoms with Crippen molar-refractivity contribution in [3.8, 4) is 50.3 Å². The van der Waals surface area contributed by atoms with Crippen LogP contribution in [-0.2, 0) is 0 Å². The van der Waals surface area contributed by atoms with Gasteiger partial charge in [-0.15, -0.1) is 0 Å². The molecule has 5 heteroatoms. The second kappa shape index (κ2) is 12.4. The van der Waals surface area contributed by atoms with Gasteiger partial charge in [0.2, 0.25) is 0 Å². The van der Waals surface area contributed by atoms with Gasteiger partial charge >= 0.3 is 0 Å². The van der Waals surface area contributed by atoms with Crippen molar-refractivity contribution in [2.75, 3.05) is 0 Å². The third kappa shape index (κ3) is 4.96. The average molecular weight is 730 g/mol. The van der Waals surface area contributed by atoms with Crippen LogP contribution >= 0.6 is 0 Å². The molecule has 266 valence electrons. The summed E-state index contributed by atoms with van der Waals surface area (Å²) in [5.41, 5.74) is 15.9. The van der Waals surface area contributed by atoms with Crippen molar-refractivity contribution in [3.05, 3.63) is 188 Å². The van der Waals surface area contributed by atoms with E-state index in [1.165, 1.54) is 32.9 Å². The predicted octanol–water partition coefficient (Wildman–Crippen LogP) is 14.0. The second-order valence-electron chi connectivity index (χ2n) is 14.6. The summed E-state index contributed by atoms with van der Waals surface area (Å²) in [5.74, 6) is 0. The lowest BCUT2D eigenvalue weighted by molar-refractivity contribution is 0.666. The smallest absolute Gasteiger partial charge is 0.180 e. The van der Waals surface area contributed by atoms with E-state index in [0.717, 1.165) is 77.6 Å². The molecule has 0 aliphatic rings. The van der Waals surface area contributed by atoms with Gasteiger partial charge in [-0.1, -0.05) is 115 Å². The Bertz CT molecular complexity index is 3500. The Balaban J connectivity index is 0.973. The standard InChI is InChI=1S/C52H31N3O2/c1-3-10-32(11-4-1)33-18-20-34(21-19-33)35-23-26-47-43(28-35)51-52(57-47)50(53-31-54-51)37-24-27-46-42(30-37)49-39(15-9-17-48(49)56-46)36-22-25-45-41(29-36)40-14-7-8-16-44(40)55(45)38-12-5-2-6-13-38/h1-31H. The first-order chi connectivity index (χ1) is 28.2. The molecule has 12 rings (SSSR count). The van der Waals surface area contributed by atoms with Crippen molar-refractivity contribution in [2.24, 2.45) is 0 Å². The third-order valence-electron chi connectivity index (χ3n) is 11.3. The Labute approximate surface area is 326 Å². The summed E-state index contributed by atoms with van der Waals surface area (Å²) in [6.07, 6.45) is 1.64. The monoisotopic (exact) mass is 729 g/mol. The number of nitrogens with zero attached hydrogens (tertiary/aromatic N) is 3. The van der Waals surface area contributed by atoms with Crippen LogP contribution in [0.1, 0.15) is 0 Å². The summed E-state index contributed by atoms with van der Waals surface area (Å²) in [4.78, 5) is 9.54. The fourth-order valence-electron chi connectivity index (χ4n) is 8.66. The third-order valence-corrected chi connectivity index (χ3v) is 11.3. The van der Waals surface area contributed by atoms with Gasteiger partial charge in [0.1, 0.15) is 34.3 Å². The highest BCUT2D eigenvalue weighted by atomic mass is 16.3. The lowest BCUT2D eigenvalue weighted by Gasteiger charge is -2.08. The summed E-state index contributed by atoms with van der Waals surface area (Å²) in [7, 11) is 0. The van der Waals surface area contributed by atoms with E-state index in [1.54, 1.807) is 6.33 Å². The predicted molar refractivity (Wildman–Crippen MR) is 233 cm³/mol. The van der Waals surface area contributed by atoms with Crippen LogP contribution in [0, 0.1) is 0 Å². The normalized spacial score (nSPS) is 11.9. The van der Waals surface area contributed by atoms with Crippen molar-refractivity contribution < 1.29 is 8.83 Å². The molecule has 4 aromatic heterocycles. The first-order valence-electron chi connectivity index (χ1n) is 19.1. The first-order valence-corrected chi connectivity index (χ1v) is 19.1. The molecule has 0 amide bonds. The average Bonchev–Trinajstić information content (AvgIpc) is 3.96. The fourth-order valence-corrected chi connectivity index (χ4v) is 8.66. The van der Waals surface area contributed by atoms with E-state index in [1.807, 2.05) is 24.3 Å². The Morgan fingerprint density at radius 3 is 1.86 bits per heavy atom. The fraction of sp³-hybridized carbons (Fsp3) is 0. The summed E-state index contributed by atoms with van der Waals surface area (Å²) in [6.45, 7) is 0. The molecule has 0 saturated heterocycles. The molecule has 0 atom stereocenters. The molecule has 0 unspecified atom stereocenters. The van der Waals surface area contributed by atoms with Crippen molar-refractivity contribution >= 4 is 65.8 Å². The van der Waals surface area contributed by atoms with Crippen LogP contribution in [0.5, 0.6) is 0 Å². The summed E-state index contributed by atoms with van der Waals surface area (Å²) >= 11 is 0. The molecule has 4 heterocycles. The number of benzene rings is 8. The van der Waals surface area contributed by atoms with Gasteiger partial charge in [-0.05, 0) is 100 Å². The first kappa shape index (κ1) is 31.6. The number of hydrogen-bond donors (Lipinski definition) is 0. The quantitative estimate of drug-likeness (QED) is 0.177. The summed E-state index contributed by atoms with van der Waals surface area (Å²) in [6, 6.07) is 64.0. The van der Waals surface area contributed by atoms with Gasteiger partial charge in [-0.3, -0.25) is 0 Å². The van der Waals surface area contributed by atoms with Crippen LogP contribution < -0.4 is 0 Å². The van der Waals surface area contributed by atoms with Crippen LogP contribution in [0.15, 0.2) is 197 Å². The molecule has 57 heavy (non-hydrogen) atoms. The van der Waals surface area contributed by atoms with Gasteiger partial charge in [0.25, 0.3) is 0 Å². The molecule has 0 saturated carbocycles. The highest BCUT2D eigenvalue weighted by Gasteiger charge is 2.20. The van der Waals surface area contributed by atoms with Crippen LogP contribution in [0.2, 0.25) is 0 Å². The summed E-state index contributed by atoms with van der Waals surface area (Å²) in [5, 5.41) is 5.47. The van der Waals surface area contributed by atoms with E-state index in [4.69, 9.17) is 18.8 Å². The van der Waals surface area contributed by atoms with Crippen molar-refractivity contribution in [2.45, 2.75) is 0 Å². The Morgan fingerprint density at radius 2 is 1.02 bits per heavy atom. The molecule has 0 spiro atoms. The second-order valence-corrected chi connectivity index (χ2v) is 14.6. The highest BCUT2D eigenvalue weighted by molar-refractivity contribution is 6.16. The van der Waals surface area contributed by atoms with Gasteiger partial charge in [-0.2, -0.15) is 0 Å². The maximum absolute atomic E-state index is 6.54. The number of furan rings is 2. The number of rotatable bonds is 5. The highest BCUT2D eigenvalue weighted by Crippen LogP contribution is 2.42. The summed E-state index contributed by atoms with van der Waals surface area (Å²) < 4.78 is 15.4. The van der Waals surface area contributed by atoms with E-state index in [9.17, 15) is 0 Å². The van der Waals surface area contributed by atoms with Crippen LogP contribution in [0.4, 0.5) is 0 Å². The minimum atomic E-state index is 0.664. The van der Waals surface area contributed by atoms with Crippen LogP contribution in [0.25, 0.3) is 116 Å². The van der Waals surface area contributed by atoms with Gasteiger partial charge in [0.15, 0.2) is 5.58 Å². The molecule has 0 radical (unpaired) electrons. The van der Waals surface area contributed by atoms with Crippen molar-refractivity contribution in [3.63, 3.8) is 0 Å². The number of para-hydroxylation sites is 2. The van der Waals surface area contributed by atoms with Gasteiger partial charge in [0, 0.05) is 38.2 Å². The number of fused-ring (bicyclic) bond motifs is 9. The zero-order valence-electron chi connectivity index (χ0n) is 30.6. The van der Waals surface area contributed by atoms with E-state index < -0.39 is 0 Å². The van der Waals surface area contributed by atoms with Crippen molar-refractivity contribution in [1.82, 2.24) is 14.5 Å². The molecule has 12 aromatic rings. The Kier molecular flexibility index (Phi) is 6.86. The molecule has 0 bridgehead atoms. The lowest BCUT2D eigenvalue weighted by Crippen LogP contribution is -1.92. The molecular formula is C52H31N3O2. The molecule has 0 fully saturated rings. The maximum Gasteiger partial charge on any atom is 0.180 e. The molecule has 8 aromatic carbocycles. The molecule has 0 aliphatic heterocycles. The largest absolute Gasteiger partial charge is 0.456 e. The zero-order valence-corrected chi connectivity index (χ0v) is 30.6. The maximum atomic E-state index is 6.54. The van der Waals surface area contributed by atoms with E-state index >= 15 is 0 Å². The Morgan fingerprint density at radius 1 is 0.386 bits per heavy atom. The minimum Gasteiger partial charge on any atom is -0.456 e. The topological polar surface area (TPSA) is 57.0 Å². The molecule has 0 aliphatic carbocycles. The van der Waals surface area contributed by atoms with Gasteiger partial charge in [-0.25, -0.2) is 9.97 Å². The number of aromatic nitrogens is 3. The SMILES string of the molecule is c1ccc(-c2ccc(-c3ccc4oc5c(-c6ccc7oc8cccc(-c9ccc%10c(c9)c9ccccc9n%10-c9ccccc9)c8c7c6)ncnc5c4c3)cc2)cc1. The molecular weight excluding hydrogens is 699 g/mol. The van der Waals surface area contributed by atoms with Gasteiger partial charge in [0.05, 0.1) is 11.0 Å². The van der Waals surface area contributed by atoms with Crippen LogP contribution in [0.3, 0.4) is 0 Å². The van der Waals surface area contributed by atoms with Crippen molar-refractivity contribution in [1.29, 1.82) is 0 Å². The molecule has 0 N–H and O–H groups in total. The lowest BCUT2D eigenvalue weighted by atomic mass is 9.97. The van der Waals surface area contributed by atoms with E-state index in [-0.39, 0.29) is 0 Å². The minimum absolute atomic E-state index is 0.664. The number of hydrogen-bond acceptors (Lipinski definition) is 4. The zero-order chi connectivity index (χ0) is 37.5. The molecule has 5 nitrogen and oxygen atoms in total. The van der Waals surface area contributed by atoms with E-state index in [2.05, 4.69) is 162 Å².